The van der Waals surface area contributed by atoms with E-state index in [1.165, 1.54) is 0 Å². The summed E-state index contributed by atoms with van der Waals surface area (Å²) in [5, 5.41) is 13.0. The lowest BCUT2D eigenvalue weighted by Crippen LogP contribution is -2.21. The predicted molar refractivity (Wildman–Crippen MR) is 99.3 cm³/mol. The van der Waals surface area contributed by atoms with Crippen LogP contribution >= 0.6 is 0 Å². The van der Waals surface area contributed by atoms with Crippen LogP contribution in [0.15, 0.2) is 59.4 Å². The second kappa shape index (κ2) is 7.19. The lowest BCUT2D eigenvalue weighted by Gasteiger charge is -2.18. The molecule has 0 saturated heterocycles. The lowest BCUT2D eigenvalue weighted by molar-refractivity contribution is 0.102. The SMILES string of the molecule is CN(CCO)c1ccc(NC(=O)c2cc3ccccc3c(=O)[nH]2)cc1. The summed E-state index contributed by atoms with van der Waals surface area (Å²) < 4.78 is 0. The predicted octanol–water partition coefficient (Wildman–Crippen LogP) is 2.21. The van der Waals surface area contributed by atoms with Crippen LogP contribution in [0.5, 0.6) is 0 Å². The zero-order chi connectivity index (χ0) is 17.8. The van der Waals surface area contributed by atoms with Crippen molar-refractivity contribution in [2.24, 2.45) is 0 Å². The maximum absolute atomic E-state index is 12.4. The number of hydrogen-bond acceptors (Lipinski definition) is 4. The van der Waals surface area contributed by atoms with E-state index in [1.807, 2.05) is 30.1 Å². The molecule has 0 bridgehead atoms. The molecule has 25 heavy (non-hydrogen) atoms. The second-order valence-electron chi connectivity index (χ2n) is 5.75. The highest BCUT2D eigenvalue weighted by molar-refractivity contribution is 6.04. The molecule has 6 nitrogen and oxygen atoms in total. The van der Waals surface area contributed by atoms with Crippen LogP contribution in [0.4, 0.5) is 11.4 Å². The Hall–Kier alpha value is -3.12. The first-order valence-corrected chi connectivity index (χ1v) is 7.94. The number of aliphatic hydroxyl groups is 1. The molecular formula is C19H19N3O3. The Morgan fingerprint density at radius 1 is 1.16 bits per heavy atom. The van der Waals surface area contributed by atoms with Gasteiger partial charge in [0.2, 0.25) is 0 Å². The zero-order valence-corrected chi connectivity index (χ0v) is 13.8. The van der Waals surface area contributed by atoms with E-state index in [0.29, 0.717) is 17.6 Å². The van der Waals surface area contributed by atoms with Gasteiger partial charge in [-0.15, -0.1) is 0 Å². The Balaban J connectivity index is 1.79. The van der Waals surface area contributed by atoms with Crippen molar-refractivity contribution in [2.75, 3.05) is 30.4 Å². The van der Waals surface area contributed by atoms with Gasteiger partial charge in [0.1, 0.15) is 5.69 Å². The van der Waals surface area contributed by atoms with Crippen LogP contribution in [0.25, 0.3) is 10.8 Å². The number of aliphatic hydroxyl groups excluding tert-OH is 1. The fourth-order valence-corrected chi connectivity index (χ4v) is 2.61. The third-order valence-corrected chi connectivity index (χ3v) is 4.00. The highest BCUT2D eigenvalue weighted by atomic mass is 16.3. The van der Waals surface area contributed by atoms with Crippen molar-refractivity contribution in [3.8, 4) is 0 Å². The quantitative estimate of drug-likeness (QED) is 0.666. The van der Waals surface area contributed by atoms with Gasteiger partial charge in [-0.05, 0) is 41.8 Å². The smallest absolute Gasteiger partial charge is 0.272 e. The number of carbonyl (C=O) groups is 1. The van der Waals surface area contributed by atoms with Gasteiger partial charge in [0.25, 0.3) is 11.5 Å². The van der Waals surface area contributed by atoms with E-state index in [4.69, 9.17) is 5.11 Å². The number of nitrogens with zero attached hydrogens (tertiary/aromatic N) is 1. The zero-order valence-electron chi connectivity index (χ0n) is 13.8. The fraction of sp³-hybridized carbons (Fsp3) is 0.158. The van der Waals surface area contributed by atoms with E-state index in [0.717, 1.165) is 11.1 Å². The molecule has 1 aromatic heterocycles. The number of fused-ring (bicyclic) bond motifs is 1. The number of nitrogens with one attached hydrogen (secondary N) is 2. The molecule has 128 valence electrons. The van der Waals surface area contributed by atoms with Gasteiger partial charge < -0.3 is 20.3 Å². The normalized spacial score (nSPS) is 10.6. The van der Waals surface area contributed by atoms with Crippen LogP contribution in [0, 0.1) is 0 Å². The minimum atomic E-state index is -0.376. The molecular weight excluding hydrogens is 318 g/mol. The van der Waals surface area contributed by atoms with E-state index in [2.05, 4.69) is 10.3 Å². The van der Waals surface area contributed by atoms with Crippen LogP contribution in [0.1, 0.15) is 10.5 Å². The summed E-state index contributed by atoms with van der Waals surface area (Å²) in [5.41, 5.74) is 1.49. The topological polar surface area (TPSA) is 85.4 Å². The number of aromatic nitrogens is 1. The van der Waals surface area contributed by atoms with E-state index in [-0.39, 0.29) is 23.8 Å². The summed E-state index contributed by atoms with van der Waals surface area (Å²) in [6.45, 7) is 0.606. The number of likely N-dealkylation sites (N-methyl/N-ethyl adjacent to an activating group) is 1. The van der Waals surface area contributed by atoms with Gasteiger partial charge in [-0.3, -0.25) is 9.59 Å². The molecule has 0 spiro atoms. The van der Waals surface area contributed by atoms with E-state index < -0.39 is 0 Å². The Morgan fingerprint density at radius 3 is 2.60 bits per heavy atom. The largest absolute Gasteiger partial charge is 0.395 e. The van der Waals surface area contributed by atoms with Crippen molar-refractivity contribution < 1.29 is 9.90 Å². The molecule has 0 unspecified atom stereocenters. The Kier molecular flexibility index (Phi) is 4.81. The molecule has 0 radical (unpaired) electrons. The van der Waals surface area contributed by atoms with Crippen molar-refractivity contribution in [3.63, 3.8) is 0 Å². The van der Waals surface area contributed by atoms with Gasteiger partial charge in [-0.1, -0.05) is 18.2 Å². The van der Waals surface area contributed by atoms with E-state index in [1.54, 1.807) is 36.4 Å². The minimum Gasteiger partial charge on any atom is -0.395 e. The number of amides is 1. The number of H-pyrrole nitrogens is 1. The molecule has 0 fully saturated rings. The van der Waals surface area contributed by atoms with Crippen LogP contribution in [-0.2, 0) is 0 Å². The minimum absolute atomic E-state index is 0.0737. The number of hydrogen-bond donors (Lipinski definition) is 3. The second-order valence-corrected chi connectivity index (χ2v) is 5.75. The average Bonchev–Trinajstić information content (AvgIpc) is 2.62. The number of rotatable bonds is 5. The van der Waals surface area contributed by atoms with Gasteiger partial charge in [-0.25, -0.2) is 0 Å². The first kappa shape index (κ1) is 16.7. The summed E-state index contributed by atoms with van der Waals surface area (Å²) in [4.78, 5) is 29.0. The van der Waals surface area contributed by atoms with Crippen molar-refractivity contribution >= 4 is 28.1 Å². The molecule has 3 aromatic rings. The maximum atomic E-state index is 12.4. The molecule has 0 aliphatic rings. The standard InChI is InChI=1S/C19H19N3O3/c1-22(10-11-23)15-8-6-14(7-9-15)20-19(25)17-12-13-4-2-3-5-16(13)18(24)21-17/h2-9,12,23H,10-11H2,1H3,(H,20,25)(H,21,24). The van der Waals surface area contributed by atoms with Crippen LogP contribution in [0.2, 0.25) is 0 Å². The number of carbonyl (C=O) groups excluding carboxylic acids is 1. The Labute approximate surface area is 144 Å². The summed E-state index contributed by atoms with van der Waals surface area (Å²) in [6, 6.07) is 16.1. The van der Waals surface area contributed by atoms with Crippen molar-refractivity contribution in [3.05, 3.63) is 70.6 Å². The monoisotopic (exact) mass is 337 g/mol. The Bertz CT molecular complexity index is 948. The van der Waals surface area contributed by atoms with E-state index >= 15 is 0 Å². The molecule has 2 aromatic carbocycles. The third-order valence-electron chi connectivity index (χ3n) is 4.00. The molecule has 0 saturated carbocycles. The van der Waals surface area contributed by atoms with Gasteiger partial charge in [0, 0.05) is 30.4 Å². The Morgan fingerprint density at radius 2 is 1.88 bits per heavy atom. The molecule has 0 aliphatic carbocycles. The van der Waals surface area contributed by atoms with E-state index in [9.17, 15) is 9.59 Å². The molecule has 0 aliphatic heterocycles. The van der Waals surface area contributed by atoms with Crippen molar-refractivity contribution in [1.82, 2.24) is 4.98 Å². The molecule has 3 rings (SSSR count). The number of anilines is 2. The summed E-state index contributed by atoms with van der Waals surface area (Å²) in [6.07, 6.45) is 0. The van der Waals surface area contributed by atoms with Crippen LogP contribution in [-0.4, -0.2) is 36.2 Å². The van der Waals surface area contributed by atoms with Gasteiger partial charge in [0.15, 0.2) is 0 Å². The molecule has 6 heteroatoms. The number of pyridine rings is 1. The first-order chi connectivity index (χ1) is 12.1. The molecule has 0 atom stereocenters. The highest BCUT2D eigenvalue weighted by Gasteiger charge is 2.10. The first-order valence-electron chi connectivity index (χ1n) is 7.94. The van der Waals surface area contributed by atoms with Gasteiger partial charge in [0.05, 0.1) is 6.61 Å². The van der Waals surface area contributed by atoms with Crippen LogP contribution in [0.3, 0.4) is 0 Å². The molecule has 1 amide bonds. The summed E-state index contributed by atoms with van der Waals surface area (Å²) >= 11 is 0. The number of aromatic amines is 1. The molecule has 3 N–H and O–H groups in total. The molecule has 1 heterocycles. The van der Waals surface area contributed by atoms with Crippen molar-refractivity contribution in [1.29, 1.82) is 0 Å². The maximum Gasteiger partial charge on any atom is 0.272 e. The van der Waals surface area contributed by atoms with Crippen molar-refractivity contribution in [2.45, 2.75) is 0 Å². The van der Waals surface area contributed by atoms with Crippen LogP contribution < -0.4 is 15.8 Å². The fourth-order valence-electron chi connectivity index (χ4n) is 2.61. The summed E-state index contributed by atoms with van der Waals surface area (Å²) in [7, 11) is 1.88. The average molecular weight is 337 g/mol. The third kappa shape index (κ3) is 3.70. The lowest BCUT2D eigenvalue weighted by atomic mass is 10.1. The highest BCUT2D eigenvalue weighted by Crippen LogP contribution is 2.17. The number of benzene rings is 2. The van der Waals surface area contributed by atoms with Gasteiger partial charge >= 0.3 is 0 Å². The van der Waals surface area contributed by atoms with Gasteiger partial charge in [-0.2, -0.15) is 0 Å². The summed E-state index contributed by atoms with van der Waals surface area (Å²) in [5.74, 6) is -0.376.